The maximum atomic E-state index is 11.3. The summed E-state index contributed by atoms with van der Waals surface area (Å²) < 4.78 is 5.11. The number of carbonyl (C=O) groups excluding carboxylic acids is 1. The lowest BCUT2D eigenvalue weighted by atomic mass is 10.1. The average Bonchev–Trinajstić information content (AvgIpc) is 1.96. The number of thiol groups is 1. The van der Waals surface area contributed by atoms with Crippen LogP contribution in [0.4, 0.5) is 4.79 Å². The van der Waals surface area contributed by atoms with Gasteiger partial charge in [-0.15, -0.1) is 0 Å². The Balaban J connectivity index is 3.72. The number of hydrogen-bond donors (Lipinski definition) is 2. The zero-order chi connectivity index (χ0) is 12.1. The van der Waals surface area contributed by atoms with Crippen LogP contribution in [0.15, 0.2) is 0 Å². The zero-order valence-corrected chi connectivity index (χ0v) is 11.2. The standard InChI is InChI=1S/C11H23NO2S/c1-8(2)6-9(15)7-12-10(13)14-11(3,4)5/h8-9,15H,6-7H2,1-5H3,(H,12,13)/t9-/m0/s1. The van der Waals surface area contributed by atoms with Crippen molar-refractivity contribution >= 4 is 18.7 Å². The summed E-state index contributed by atoms with van der Waals surface area (Å²) in [6.45, 7) is 10.4. The summed E-state index contributed by atoms with van der Waals surface area (Å²) in [5.74, 6) is 0.591. The van der Waals surface area contributed by atoms with E-state index < -0.39 is 5.60 Å². The highest BCUT2D eigenvalue weighted by Crippen LogP contribution is 2.10. The highest BCUT2D eigenvalue weighted by atomic mass is 32.1. The highest BCUT2D eigenvalue weighted by molar-refractivity contribution is 7.81. The Morgan fingerprint density at radius 1 is 1.40 bits per heavy atom. The first-order valence-electron chi connectivity index (χ1n) is 5.35. The molecule has 0 aromatic carbocycles. The summed E-state index contributed by atoms with van der Waals surface area (Å²) in [4.78, 5) is 11.3. The maximum Gasteiger partial charge on any atom is 0.407 e. The van der Waals surface area contributed by atoms with Crippen molar-refractivity contribution < 1.29 is 9.53 Å². The first-order valence-corrected chi connectivity index (χ1v) is 5.87. The third-order valence-corrected chi connectivity index (χ3v) is 2.02. The molecule has 0 bridgehead atoms. The van der Waals surface area contributed by atoms with Crippen LogP contribution < -0.4 is 5.32 Å². The van der Waals surface area contributed by atoms with Crippen LogP contribution in [-0.4, -0.2) is 23.5 Å². The molecule has 1 N–H and O–H groups in total. The Labute approximate surface area is 98.4 Å². The van der Waals surface area contributed by atoms with Gasteiger partial charge in [0.25, 0.3) is 0 Å². The first kappa shape index (κ1) is 14.6. The van der Waals surface area contributed by atoms with Crippen molar-refractivity contribution in [1.82, 2.24) is 5.32 Å². The molecule has 0 rings (SSSR count). The second-order valence-corrected chi connectivity index (χ2v) is 5.90. The third kappa shape index (κ3) is 9.91. The lowest BCUT2D eigenvalue weighted by Gasteiger charge is -2.21. The molecule has 0 radical (unpaired) electrons. The van der Waals surface area contributed by atoms with Gasteiger partial charge in [-0.2, -0.15) is 12.6 Å². The van der Waals surface area contributed by atoms with Crippen molar-refractivity contribution in [2.24, 2.45) is 5.92 Å². The van der Waals surface area contributed by atoms with E-state index in [1.165, 1.54) is 0 Å². The van der Waals surface area contributed by atoms with Crippen LogP contribution >= 0.6 is 12.6 Å². The average molecular weight is 233 g/mol. The molecule has 0 aromatic rings. The topological polar surface area (TPSA) is 38.3 Å². The minimum absolute atomic E-state index is 0.192. The second kappa shape index (κ2) is 6.26. The summed E-state index contributed by atoms with van der Waals surface area (Å²) in [5.41, 5.74) is -0.436. The summed E-state index contributed by atoms with van der Waals surface area (Å²) >= 11 is 4.39. The van der Waals surface area contributed by atoms with Crippen LogP contribution in [-0.2, 0) is 4.74 Å². The van der Waals surface area contributed by atoms with Gasteiger partial charge in [0.1, 0.15) is 5.60 Å². The van der Waals surface area contributed by atoms with Gasteiger partial charge in [0.05, 0.1) is 0 Å². The molecule has 1 atom stereocenters. The van der Waals surface area contributed by atoms with E-state index >= 15 is 0 Å². The fourth-order valence-corrected chi connectivity index (χ4v) is 1.66. The Kier molecular flexibility index (Phi) is 6.10. The summed E-state index contributed by atoms with van der Waals surface area (Å²) in [5, 5.41) is 2.90. The molecule has 4 heteroatoms. The van der Waals surface area contributed by atoms with Gasteiger partial charge in [0.2, 0.25) is 0 Å². The zero-order valence-electron chi connectivity index (χ0n) is 10.3. The Morgan fingerprint density at radius 3 is 2.33 bits per heavy atom. The van der Waals surface area contributed by atoms with Crippen molar-refractivity contribution in [3.05, 3.63) is 0 Å². The van der Waals surface area contributed by atoms with E-state index in [9.17, 15) is 4.79 Å². The Bertz CT molecular complexity index is 199. The van der Waals surface area contributed by atoms with Crippen molar-refractivity contribution in [2.45, 2.75) is 51.9 Å². The number of rotatable bonds is 4. The van der Waals surface area contributed by atoms with Gasteiger partial charge in [0, 0.05) is 11.8 Å². The van der Waals surface area contributed by atoms with Crippen molar-refractivity contribution in [2.75, 3.05) is 6.54 Å². The molecular weight excluding hydrogens is 210 g/mol. The molecule has 0 unspecified atom stereocenters. The molecule has 0 heterocycles. The molecule has 1 amide bonds. The molecule has 0 fully saturated rings. The van der Waals surface area contributed by atoms with Crippen LogP contribution in [0.25, 0.3) is 0 Å². The lowest BCUT2D eigenvalue weighted by molar-refractivity contribution is 0.0527. The monoisotopic (exact) mass is 233 g/mol. The number of amides is 1. The van der Waals surface area contributed by atoms with E-state index in [-0.39, 0.29) is 11.3 Å². The van der Waals surface area contributed by atoms with E-state index in [4.69, 9.17) is 4.74 Å². The van der Waals surface area contributed by atoms with Crippen molar-refractivity contribution in [3.8, 4) is 0 Å². The lowest BCUT2D eigenvalue weighted by Crippen LogP contribution is -2.35. The summed E-state index contributed by atoms with van der Waals surface area (Å²) in [6, 6.07) is 0. The fourth-order valence-electron chi connectivity index (χ4n) is 1.14. The number of carbonyl (C=O) groups is 1. The van der Waals surface area contributed by atoms with E-state index in [0.29, 0.717) is 12.5 Å². The fraction of sp³-hybridized carbons (Fsp3) is 0.909. The third-order valence-electron chi connectivity index (χ3n) is 1.62. The normalized spacial score (nSPS) is 13.8. The minimum atomic E-state index is -0.436. The molecule has 15 heavy (non-hydrogen) atoms. The molecular formula is C11H23NO2S. The number of hydrogen-bond acceptors (Lipinski definition) is 3. The van der Waals surface area contributed by atoms with Crippen LogP contribution in [0.3, 0.4) is 0 Å². The number of nitrogens with one attached hydrogen (secondary N) is 1. The van der Waals surface area contributed by atoms with E-state index in [2.05, 4.69) is 31.8 Å². The molecule has 90 valence electrons. The maximum absolute atomic E-state index is 11.3. The van der Waals surface area contributed by atoms with Gasteiger partial charge in [-0.05, 0) is 33.1 Å². The molecule has 3 nitrogen and oxygen atoms in total. The van der Waals surface area contributed by atoms with Crippen LogP contribution in [0, 0.1) is 5.92 Å². The second-order valence-electron chi connectivity index (χ2n) is 5.17. The van der Waals surface area contributed by atoms with Gasteiger partial charge >= 0.3 is 6.09 Å². The molecule has 0 aromatic heterocycles. The summed E-state index contributed by atoms with van der Waals surface area (Å²) in [7, 11) is 0. The quantitative estimate of drug-likeness (QED) is 0.733. The molecule has 0 saturated carbocycles. The van der Waals surface area contributed by atoms with E-state index in [1.54, 1.807) is 0 Å². The SMILES string of the molecule is CC(C)C[C@H](S)CNC(=O)OC(C)(C)C. The van der Waals surface area contributed by atoms with Gasteiger partial charge in [0.15, 0.2) is 0 Å². The number of alkyl carbamates (subject to hydrolysis) is 1. The van der Waals surface area contributed by atoms with Gasteiger partial charge in [-0.3, -0.25) is 0 Å². The van der Waals surface area contributed by atoms with Gasteiger partial charge in [-0.25, -0.2) is 4.79 Å². The van der Waals surface area contributed by atoms with Crippen LogP contribution in [0.1, 0.15) is 41.0 Å². The van der Waals surface area contributed by atoms with Gasteiger partial charge < -0.3 is 10.1 Å². The molecule has 0 spiro atoms. The van der Waals surface area contributed by atoms with Gasteiger partial charge in [-0.1, -0.05) is 13.8 Å². The highest BCUT2D eigenvalue weighted by Gasteiger charge is 2.16. The molecule has 0 aliphatic carbocycles. The van der Waals surface area contributed by atoms with Crippen molar-refractivity contribution in [3.63, 3.8) is 0 Å². The number of ether oxygens (including phenoxy) is 1. The predicted octanol–water partition coefficient (Wildman–Crippen LogP) is 2.86. The van der Waals surface area contributed by atoms with Crippen LogP contribution in [0.5, 0.6) is 0 Å². The molecule has 0 aliphatic rings. The minimum Gasteiger partial charge on any atom is -0.444 e. The Hall–Kier alpha value is -0.380. The van der Waals surface area contributed by atoms with E-state index in [0.717, 1.165) is 6.42 Å². The first-order chi connectivity index (χ1) is 6.70. The molecule has 0 saturated heterocycles. The van der Waals surface area contributed by atoms with Crippen LogP contribution in [0.2, 0.25) is 0 Å². The largest absolute Gasteiger partial charge is 0.444 e. The Morgan fingerprint density at radius 2 is 1.93 bits per heavy atom. The van der Waals surface area contributed by atoms with E-state index in [1.807, 2.05) is 20.8 Å². The summed E-state index contributed by atoms with van der Waals surface area (Å²) in [6.07, 6.45) is 0.615. The molecule has 0 aliphatic heterocycles. The predicted molar refractivity (Wildman–Crippen MR) is 66.5 cm³/mol. The smallest absolute Gasteiger partial charge is 0.407 e. The van der Waals surface area contributed by atoms with Crippen molar-refractivity contribution in [1.29, 1.82) is 0 Å².